The van der Waals surface area contributed by atoms with Crippen LogP contribution in [-0.2, 0) is 34.4 Å². The van der Waals surface area contributed by atoms with Crippen LogP contribution in [0, 0.1) is 0 Å². The molecule has 1 atom stereocenters. The average molecular weight is 564 g/mol. The Kier molecular flexibility index (Phi) is 10.5. The summed E-state index contributed by atoms with van der Waals surface area (Å²) >= 11 is 3.54. The molecule has 0 heterocycles. The molecule has 3 aromatic carbocycles. The van der Waals surface area contributed by atoms with E-state index in [0.717, 1.165) is 27.6 Å². The van der Waals surface area contributed by atoms with E-state index in [1.54, 1.807) is 4.90 Å². The minimum atomic E-state index is -0.594. The molecule has 0 unspecified atom stereocenters. The summed E-state index contributed by atoms with van der Waals surface area (Å²) < 4.78 is 0.950. The van der Waals surface area contributed by atoms with E-state index in [1.807, 2.05) is 61.5 Å². The summed E-state index contributed by atoms with van der Waals surface area (Å²) in [5, 5.41) is 3.04. The Morgan fingerprint density at radius 3 is 2.19 bits per heavy atom. The standard InChI is InChI=1S/C32H39BrN2O2/c1-5-20-34-31(37)29(22-25-10-7-6-8-11-25)35(23-26-12-9-13-28(33)21-26)30(36)19-16-24-14-17-27(18-15-24)32(2,3)4/h6-15,17-18,21,29H,5,16,19-20,22-23H2,1-4H3,(H,34,37)/t29-/m0/s1. The fraction of sp³-hybridized carbons (Fsp3) is 0.375. The Balaban J connectivity index is 1.86. The number of benzene rings is 3. The minimum absolute atomic E-state index is 0.0209. The van der Waals surface area contributed by atoms with Crippen LogP contribution in [0.15, 0.2) is 83.3 Å². The first-order chi connectivity index (χ1) is 17.7. The van der Waals surface area contributed by atoms with Crippen LogP contribution in [0.5, 0.6) is 0 Å². The zero-order chi connectivity index (χ0) is 26.8. The summed E-state index contributed by atoms with van der Waals surface area (Å²) in [6.45, 7) is 9.58. The first-order valence-corrected chi connectivity index (χ1v) is 13.9. The van der Waals surface area contributed by atoms with Crippen molar-refractivity contribution in [3.8, 4) is 0 Å². The third-order valence-corrected chi connectivity index (χ3v) is 7.00. The van der Waals surface area contributed by atoms with Gasteiger partial charge in [0.05, 0.1) is 0 Å². The average Bonchev–Trinajstić information content (AvgIpc) is 2.88. The number of aryl methyl sites for hydroxylation is 1. The van der Waals surface area contributed by atoms with Crippen LogP contribution in [0.25, 0.3) is 0 Å². The van der Waals surface area contributed by atoms with Gasteiger partial charge in [-0.1, -0.05) is 110 Å². The van der Waals surface area contributed by atoms with Gasteiger partial charge in [0.15, 0.2) is 0 Å². The summed E-state index contributed by atoms with van der Waals surface area (Å²) in [4.78, 5) is 28.9. The molecular formula is C32H39BrN2O2. The number of carbonyl (C=O) groups excluding carboxylic acids is 2. The highest BCUT2D eigenvalue weighted by molar-refractivity contribution is 9.10. The molecule has 4 nitrogen and oxygen atoms in total. The van der Waals surface area contributed by atoms with Gasteiger partial charge in [0.25, 0.3) is 0 Å². The molecule has 37 heavy (non-hydrogen) atoms. The number of halogens is 1. The molecule has 0 aliphatic carbocycles. The summed E-state index contributed by atoms with van der Waals surface area (Å²) in [6, 6.07) is 25.8. The number of carbonyl (C=O) groups is 2. The minimum Gasteiger partial charge on any atom is -0.354 e. The SMILES string of the molecule is CCCNC(=O)[C@H](Cc1ccccc1)N(Cc1cccc(Br)c1)C(=O)CCc1ccc(C(C)(C)C)cc1. The molecule has 3 rings (SSSR count). The molecule has 0 saturated carbocycles. The smallest absolute Gasteiger partial charge is 0.243 e. The highest BCUT2D eigenvalue weighted by Gasteiger charge is 2.30. The monoisotopic (exact) mass is 562 g/mol. The Bertz CT molecular complexity index is 1150. The normalized spacial score (nSPS) is 12.1. The molecule has 3 aromatic rings. The molecular weight excluding hydrogens is 524 g/mol. The Morgan fingerprint density at radius 1 is 0.892 bits per heavy atom. The fourth-order valence-corrected chi connectivity index (χ4v) is 4.76. The van der Waals surface area contributed by atoms with Gasteiger partial charge in [-0.15, -0.1) is 0 Å². The lowest BCUT2D eigenvalue weighted by Gasteiger charge is -2.32. The van der Waals surface area contributed by atoms with Crippen molar-refractivity contribution in [3.05, 3.63) is 106 Å². The van der Waals surface area contributed by atoms with Crippen molar-refractivity contribution in [1.29, 1.82) is 0 Å². The summed E-state index contributed by atoms with van der Waals surface area (Å²) in [7, 11) is 0. The van der Waals surface area contributed by atoms with E-state index in [-0.39, 0.29) is 17.2 Å². The summed E-state index contributed by atoms with van der Waals surface area (Å²) in [6.07, 6.45) is 2.28. The molecule has 1 N–H and O–H groups in total. The van der Waals surface area contributed by atoms with Crippen LogP contribution >= 0.6 is 15.9 Å². The lowest BCUT2D eigenvalue weighted by Crippen LogP contribution is -2.50. The van der Waals surface area contributed by atoms with Crippen LogP contribution < -0.4 is 5.32 Å². The van der Waals surface area contributed by atoms with Crippen LogP contribution in [0.1, 0.15) is 62.8 Å². The third kappa shape index (κ3) is 8.85. The van der Waals surface area contributed by atoms with Crippen molar-refractivity contribution in [2.45, 2.75) is 71.4 Å². The van der Waals surface area contributed by atoms with Gasteiger partial charge in [-0.3, -0.25) is 9.59 Å². The zero-order valence-electron chi connectivity index (χ0n) is 22.5. The van der Waals surface area contributed by atoms with Gasteiger partial charge in [-0.05, 0) is 52.6 Å². The molecule has 0 fully saturated rings. The van der Waals surface area contributed by atoms with E-state index < -0.39 is 6.04 Å². The van der Waals surface area contributed by atoms with E-state index in [4.69, 9.17) is 0 Å². The molecule has 0 radical (unpaired) electrons. The van der Waals surface area contributed by atoms with Gasteiger partial charge >= 0.3 is 0 Å². The van der Waals surface area contributed by atoms with Gasteiger partial charge in [0, 0.05) is 30.4 Å². The maximum absolute atomic E-state index is 13.8. The number of hydrogen-bond acceptors (Lipinski definition) is 2. The van der Waals surface area contributed by atoms with Crippen molar-refractivity contribution in [2.75, 3.05) is 6.54 Å². The fourth-order valence-electron chi connectivity index (χ4n) is 4.32. The van der Waals surface area contributed by atoms with Gasteiger partial charge in [0.1, 0.15) is 6.04 Å². The molecule has 0 aliphatic rings. The molecule has 196 valence electrons. The Labute approximate surface area is 230 Å². The van der Waals surface area contributed by atoms with Gasteiger partial charge in [-0.2, -0.15) is 0 Å². The van der Waals surface area contributed by atoms with Crippen LogP contribution in [0.4, 0.5) is 0 Å². The van der Waals surface area contributed by atoms with Gasteiger partial charge in [-0.25, -0.2) is 0 Å². The maximum atomic E-state index is 13.8. The predicted octanol–water partition coefficient (Wildman–Crippen LogP) is 6.85. The first-order valence-electron chi connectivity index (χ1n) is 13.1. The van der Waals surface area contributed by atoms with Crippen LogP contribution in [0.2, 0.25) is 0 Å². The van der Waals surface area contributed by atoms with E-state index in [9.17, 15) is 9.59 Å². The number of rotatable bonds is 11. The predicted molar refractivity (Wildman–Crippen MR) is 155 cm³/mol. The van der Waals surface area contributed by atoms with E-state index in [2.05, 4.69) is 66.3 Å². The molecule has 2 amide bonds. The molecule has 0 saturated heterocycles. The lowest BCUT2D eigenvalue weighted by molar-refractivity contribution is -0.141. The molecule has 0 spiro atoms. The van der Waals surface area contributed by atoms with E-state index in [1.165, 1.54) is 5.56 Å². The maximum Gasteiger partial charge on any atom is 0.243 e. The highest BCUT2D eigenvalue weighted by atomic mass is 79.9. The zero-order valence-corrected chi connectivity index (χ0v) is 24.1. The highest BCUT2D eigenvalue weighted by Crippen LogP contribution is 2.23. The largest absolute Gasteiger partial charge is 0.354 e. The number of hydrogen-bond donors (Lipinski definition) is 1. The third-order valence-electron chi connectivity index (χ3n) is 6.51. The topological polar surface area (TPSA) is 49.4 Å². The lowest BCUT2D eigenvalue weighted by atomic mass is 9.86. The van der Waals surface area contributed by atoms with Crippen molar-refractivity contribution >= 4 is 27.7 Å². The van der Waals surface area contributed by atoms with Gasteiger partial charge < -0.3 is 10.2 Å². The van der Waals surface area contributed by atoms with Crippen LogP contribution in [-0.4, -0.2) is 29.3 Å². The Hall–Kier alpha value is -2.92. The summed E-state index contributed by atoms with van der Waals surface area (Å²) in [5.74, 6) is -0.129. The second kappa shape index (κ2) is 13.6. The Morgan fingerprint density at radius 2 is 1.57 bits per heavy atom. The number of amides is 2. The van der Waals surface area contributed by atoms with Crippen molar-refractivity contribution in [1.82, 2.24) is 10.2 Å². The summed E-state index contributed by atoms with van der Waals surface area (Å²) in [5.41, 5.74) is 4.50. The second-order valence-corrected chi connectivity index (χ2v) is 11.5. The number of nitrogens with one attached hydrogen (secondary N) is 1. The number of nitrogens with zero attached hydrogens (tertiary/aromatic N) is 1. The first kappa shape index (κ1) is 28.6. The second-order valence-electron chi connectivity index (χ2n) is 10.6. The van der Waals surface area contributed by atoms with Crippen LogP contribution in [0.3, 0.4) is 0 Å². The van der Waals surface area contributed by atoms with E-state index in [0.29, 0.717) is 32.4 Å². The van der Waals surface area contributed by atoms with Crippen molar-refractivity contribution in [3.63, 3.8) is 0 Å². The van der Waals surface area contributed by atoms with Gasteiger partial charge in [0.2, 0.25) is 11.8 Å². The quantitative estimate of drug-likeness (QED) is 0.278. The molecule has 0 bridgehead atoms. The molecule has 5 heteroatoms. The van der Waals surface area contributed by atoms with Crippen molar-refractivity contribution in [2.24, 2.45) is 0 Å². The molecule has 0 aliphatic heterocycles. The molecule has 0 aromatic heterocycles. The van der Waals surface area contributed by atoms with E-state index >= 15 is 0 Å². The van der Waals surface area contributed by atoms with Crippen molar-refractivity contribution < 1.29 is 9.59 Å².